The van der Waals surface area contributed by atoms with Crippen LogP contribution in [-0.4, -0.2) is 12.3 Å². The van der Waals surface area contributed by atoms with Gasteiger partial charge < -0.3 is 4.74 Å². The van der Waals surface area contributed by atoms with Gasteiger partial charge in [-0.3, -0.25) is 4.99 Å². The molecule has 0 fully saturated rings. The van der Waals surface area contributed by atoms with Crippen LogP contribution in [0.3, 0.4) is 0 Å². The van der Waals surface area contributed by atoms with Crippen molar-refractivity contribution in [3.05, 3.63) is 84.4 Å². The quantitative estimate of drug-likeness (QED) is 0.662. The van der Waals surface area contributed by atoms with Crippen molar-refractivity contribution in [3.63, 3.8) is 0 Å². The highest BCUT2D eigenvalue weighted by Gasteiger charge is 2.15. The van der Waals surface area contributed by atoms with Crippen LogP contribution in [0.4, 0.5) is 5.69 Å². The van der Waals surface area contributed by atoms with Gasteiger partial charge in [-0.05, 0) is 28.8 Å². The number of nitrogens with zero attached hydrogens (tertiary/aromatic N) is 1. The lowest BCUT2D eigenvalue weighted by molar-refractivity contribution is 0.269. The molecule has 0 bridgehead atoms. The average Bonchev–Trinajstić information content (AvgIpc) is 2.63. The predicted octanol–water partition coefficient (Wildman–Crippen LogP) is 5.06. The zero-order chi connectivity index (χ0) is 15.5. The summed E-state index contributed by atoms with van der Waals surface area (Å²) in [6.07, 6.45) is 2.72. The molecule has 3 aromatic rings. The number of hydrogen-bond donors (Lipinski definition) is 0. The van der Waals surface area contributed by atoms with Crippen molar-refractivity contribution in [2.45, 2.75) is 12.5 Å². The Balaban J connectivity index is 1.48. The van der Waals surface area contributed by atoms with Crippen LogP contribution in [0.25, 0.3) is 11.1 Å². The first kappa shape index (κ1) is 13.8. The maximum absolute atomic E-state index is 6.00. The lowest BCUT2D eigenvalue weighted by Crippen LogP contribution is -2.23. The van der Waals surface area contributed by atoms with Gasteiger partial charge in [0.05, 0.1) is 0 Å². The van der Waals surface area contributed by atoms with Crippen molar-refractivity contribution in [1.82, 2.24) is 0 Å². The van der Waals surface area contributed by atoms with Crippen molar-refractivity contribution >= 4 is 11.9 Å². The SMILES string of the molecule is C1=Nc2ccccc2OC1Cc1ccc(-c2ccccc2)cc1. The molecule has 0 spiro atoms. The number of aliphatic imine (C=N–C) groups is 1. The van der Waals surface area contributed by atoms with Crippen LogP contribution in [0.5, 0.6) is 5.75 Å². The molecule has 112 valence electrons. The van der Waals surface area contributed by atoms with Gasteiger partial charge in [0.25, 0.3) is 0 Å². The van der Waals surface area contributed by atoms with E-state index in [9.17, 15) is 0 Å². The van der Waals surface area contributed by atoms with E-state index in [1.165, 1.54) is 16.7 Å². The molecule has 0 saturated heterocycles. The van der Waals surface area contributed by atoms with Crippen molar-refractivity contribution in [1.29, 1.82) is 0 Å². The fourth-order valence-corrected chi connectivity index (χ4v) is 2.81. The molecule has 23 heavy (non-hydrogen) atoms. The van der Waals surface area contributed by atoms with Gasteiger partial charge in [0.1, 0.15) is 17.5 Å². The summed E-state index contributed by atoms with van der Waals surface area (Å²) in [6, 6.07) is 27.0. The molecule has 4 rings (SSSR count). The van der Waals surface area contributed by atoms with Gasteiger partial charge in [0.15, 0.2) is 0 Å². The van der Waals surface area contributed by atoms with Gasteiger partial charge in [-0.15, -0.1) is 0 Å². The molecule has 0 radical (unpaired) electrons. The summed E-state index contributed by atoms with van der Waals surface area (Å²) >= 11 is 0. The fraction of sp³-hybridized carbons (Fsp3) is 0.0952. The molecular formula is C21H17NO. The molecule has 2 heteroatoms. The summed E-state index contributed by atoms with van der Waals surface area (Å²) in [7, 11) is 0. The van der Waals surface area contributed by atoms with E-state index in [1.54, 1.807) is 0 Å². The predicted molar refractivity (Wildman–Crippen MR) is 94.6 cm³/mol. The van der Waals surface area contributed by atoms with E-state index in [4.69, 9.17) is 4.74 Å². The second-order valence-electron chi connectivity index (χ2n) is 5.67. The Bertz CT molecular complexity index is 822. The summed E-state index contributed by atoms with van der Waals surface area (Å²) in [5.74, 6) is 0.862. The Kier molecular flexibility index (Phi) is 3.65. The highest BCUT2D eigenvalue weighted by Crippen LogP contribution is 2.31. The molecule has 1 aliphatic heterocycles. The minimum absolute atomic E-state index is 0.00697. The number of rotatable bonds is 3. The molecule has 0 aromatic heterocycles. The fourth-order valence-electron chi connectivity index (χ4n) is 2.81. The molecule has 1 unspecified atom stereocenters. The van der Waals surface area contributed by atoms with E-state index in [-0.39, 0.29) is 6.10 Å². The molecule has 1 aliphatic rings. The van der Waals surface area contributed by atoms with E-state index >= 15 is 0 Å². The van der Waals surface area contributed by atoms with Crippen molar-refractivity contribution in [2.75, 3.05) is 0 Å². The Hall–Kier alpha value is -2.87. The first-order valence-corrected chi connectivity index (χ1v) is 7.83. The maximum Gasteiger partial charge on any atom is 0.145 e. The molecular weight excluding hydrogens is 282 g/mol. The number of benzene rings is 3. The van der Waals surface area contributed by atoms with Crippen LogP contribution in [-0.2, 0) is 6.42 Å². The Morgan fingerprint density at radius 3 is 2.26 bits per heavy atom. The van der Waals surface area contributed by atoms with Gasteiger partial charge in [0.2, 0.25) is 0 Å². The number of ether oxygens (including phenoxy) is 1. The first-order chi connectivity index (χ1) is 11.4. The second-order valence-corrected chi connectivity index (χ2v) is 5.67. The Morgan fingerprint density at radius 1 is 0.739 bits per heavy atom. The number of fused-ring (bicyclic) bond motifs is 1. The molecule has 1 atom stereocenters. The van der Waals surface area contributed by atoms with Gasteiger partial charge in [-0.25, -0.2) is 0 Å². The van der Waals surface area contributed by atoms with Gasteiger partial charge in [0, 0.05) is 12.6 Å². The minimum atomic E-state index is -0.00697. The summed E-state index contributed by atoms with van der Waals surface area (Å²) in [6.45, 7) is 0. The summed E-state index contributed by atoms with van der Waals surface area (Å²) < 4.78 is 6.00. The third-order valence-electron chi connectivity index (χ3n) is 4.02. The van der Waals surface area contributed by atoms with E-state index in [0.29, 0.717) is 0 Å². The van der Waals surface area contributed by atoms with Gasteiger partial charge in [-0.2, -0.15) is 0 Å². The van der Waals surface area contributed by atoms with Crippen molar-refractivity contribution in [3.8, 4) is 16.9 Å². The largest absolute Gasteiger partial charge is 0.482 e. The van der Waals surface area contributed by atoms with Gasteiger partial charge in [-0.1, -0.05) is 66.7 Å². The van der Waals surface area contributed by atoms with Crippen LogP contribution < -0.4 is 4.74 Å². The van der Waals surface area contributed by atoms with E-state index in [0.717, 1.165) is 17.9 Å². The lowest BCUT2D eigenvalue weighted by atomic mass is 10.0. The first-order valence-electron chi connectivity index (χ1n) is 7.83. The highest BCUT2D eigenvalue weighted by molar-refractivity contribution is 5.74. The zero-order valence-corrected chi connectivity index (χ0v) is 12.7. The van der Waals surface area contributed by atoms with Crippen molar-refractivity contribution in [2.24, 2.45) is 4.99 Å². The Labute approximate surface area is 136 Å². The molecule has 1 heterocycles. The molecule has 3 aromatic carbocycles. The highest BCUT2D eigenvalue weighted by atomic mass is 16.5. The average molecular weight is 299 g/mol. The third-order valence-corrected chi connectivity index (χ3v) is 4.02. The van der Waals surface area contributed by atoms with Crippen LogP contribution in [0.1, 0.15) is 5.56 Å². The summed E-state index contributed by atoms with van der Waals surface area (Å²) in [5, 5.41) is 0. The van der Waals surface area contributed by atoms with Crippen LogP contribution in [0.2, 0.25) is 0 Å². The standard InChI is InChI=1S/C21H17NO/c1-2-6-17(7-3-1)18-12-10-16(11-13-18)14-19-15-22-20-8-4-5-9-21(20)23-19/h1-13,15,19H,14H2. The monoisotopic (exact) mass is 299 g/mol. The lowest BCUT2D eigenvalue weighted by Gasteiger charge is -2.20. The number of hydrogen-bond acceptors (Lipinski definition) is 2. The molecule has 0 N–H and O–H groups in total. The maximum atomic E-state index is 6.00. The summed E-state index contributed by atoms with van der Waals surface area (Å²) in [5.41, 5.74) is 4.63. The molecule has 0 amide bonds. The normalized spacial score (nSPS) is 15.7. The molecule has 0 saturated carbocycles. The van der Waals surface area contributed by atoms with Crippen molar-refractivity contribution < 1.29 is 4.74 Å². The zero-order valence-electron chi connectivity index (χ0n) is 12.7. The smallest absolute Gasteiger partial charge is 0.145 e. The van der Waals surface area contributed by atoms with Gasteiger partial charge >= 0.3 is 0 Å². The number of para-hydroxylation sites is 2. The minimum Gasteiger partial charge on any atom is -0.482 e. The van der Waals surface area contributed by atoms with Crippen LogP contribution >= 0.6 is 0 Å². The second kappa shape index (κ2) is 6.09. The van der Waals surface area contributed by atoms with E-state index in [1.807, 2.05) is 36.5 Å². The Morgan fingerprint density at radius 2 is 1.43 bits per heavy atom. The van der Waals surface area contributed by atoms with Crippen LogP contribution in [0.15, 0.2) is 83.9 Å². The molecule has 2 nitrogen and oxygen atoms in total. The topological polar surface area (TPSA) is 21.6 Å². The van der Waals surface area contributed by atoms with E-state index in [2.05, 4.69) is 53.5 Å². The third kappa shape index (κ3) is 3.02. The van der Waals surface area contributed by atoms with E-state index < -0.39 is 0 Å². The van der Waals surface area contributed by atoms with Crippen LogP contribution in [0, 0.1) is 0 Å². The summed E-state index contributed by atoms with van der Waals surface area (Å²) in [4.78, 5) is 4.49. The molecule has 0 aliphatic carbocycles.